The number of nitrogens with one attached hydrogen (secondary N) is 2. The lowest BCUT2D eigenvalue weighted by atomic mass is 9.96. The molecule has 2 fully saturated rings. The van der Waals surface area contributed by atoms with E-state index in [9.17, 15) is 13.2 Å². The summed E-state index contributed by atoms with van der Waals surface area (Å²) in [4.78, 5) is 12.7. The lowest BCUT2D eigenvalue weighted by Crippen LogP contribution is -2.46. The molecule has 2 atom stereocenters. The first-order valence-corrected chi connectivity index (χ1v) is 11.4. The quantitative estimate of drug-likeness (QED) is 0.806. The average Bonchev–Trinajstić information content (AvgIpc) is 2.68. The van der Waals surface area contributed by atoms with Crippen molar-refractivity contribution in [2.24, 2.45) is 0 Å². The minimum atomic E-state index is -3.52. The van der Waals surface area contributed by atoms with E-state index in [1.54, 1.807) is 31.3 Å². The smallest absolute Gasteiger partial charge is 0.251 e. The summed E-state index contributed by atoms with van der Waals surface area (Å²) >= 11 is 0. The normalized spacial score (nSPS) is 24.7. The Labute approximate surface area is 162 Å². The van der Waals surface area contributed by atoms with Gasteiger partial charge >= 0.3 is 0 Å². The van der Waals surface area contributed by atoms with Crippen LogP contribution in [0, 0.1) is 0 Å². The molecule has 1 saturated carbocycles. The molecule has 1 aliphatic heterocycles. The lowest BCUT2D eigenvalue weighted by Gasteiger charge is -2.30. The van der Waals surface area contributed by atoms with Gasteiger partial charge in [-0.15, -0.1) is 0 Å². The van der Waals surface area contributed by atoms with E-state index in [0.29, 0.717) is 11.6 Å². The standard InChI is InChI=1S/C20H31N3O3S/c1-15-14-17(12-13-21-15)22-20(24)16-8-10-19(11-9-16)27(25,26)23(2)18-6-4-3-5-7-18/h8-11,15,17-18,21H,3-7,12-14H2,1-2H3,(H,22,24). The zero-order valence-electron chi connectivity index (χ0n) is 16.3. The van der Waals surface area contributed by atoms with Crippen molar-refractivity contribution in [1.82, 2.24) is 14.9 Å². The predicted molar refractivity (Wildman–Crippen MR) is 106 cm³/mol. The van der Waals surface area contributed by atoms with Crippen molar-refractivity contribution in [3.63, 3.8) is 0 Å². The predicted octanol–water partition coefficient (Wildman–Crippen LogP) is 2.51. The van der Waals surface area contributed by atoms with E-state index < -0.39 is 10.0 Å². The molecule has 150 valence electrons. The van der Waals surface area contributed by atoms with Crippen molar-refractivity contribution >= 4 is 15.9 Å². The summed E-state index contributed by atoms with van der Waals surface area (Å²) in [6.07, 6.45) is 7.01. The Morgan fingerprint density at radius 1 is 1.11 bits per heavy atom. The molecule has 6 nitrogen and oxygen atoms in total. The number of sulfonamides is 1. The molecule has 1 saturated heterocycles. The number of carbonyl (C=O) groups excluding carboxylic acids is 1. The minimum Gasteiger partial charge on any atom is -0.349 e. The summed E-state index contributed by atoms with van der Waals surface area (Å²) in [6, 6.07) is 6.96. The largest absolute Gasteiger partial charge is 0.349 e. The molecule has 3 rings (SSSR count). The fourth-order valence-corrected chi connectivity index (χ4v) is 5.53. The molecule has 1 aromatic rings. The second-order valence-electron chi connectivity index (χ2n) is 7.89. The van der Waals surface area contributed by atoms with Crippen molar-refractivity contribution in [2.75, 3.05) is 13.6 Å². The Balaban J connectivity index is 1.65. The van der Waals surface area contributed by atoms with Gasteiger partial charge in [0, 0.05) is 30.7 Å². The van der Waals surface area contributed by atoms with Crippen LogP contribution in [-0.2, 0) is 10.0 Å². The van der Waals surface area contributed by atoms with Crippen molar-refractivity contribution in [3.8, 4) is 0 Å². The van der Waals surface area contributed by atoms with Crippen molar-refractivity contribution in [2.45, 2.75) is 74.9 Å². The number of carbonyl (C=O) groups is 1. The third-order valence-electron chi connectivity index (χ3n) is 5.84. The number of rotatable bonds is 5. The van der Waals surface area contributed by atoms with Crippen LogP contribution in [0.4, 0.5) is 0 Å². The highest BCUT2D eigenvalue weighted by Crippen LogP contribution is 2.26. The Morgan fingerprint density at radius 3 is 2.41 bits per heavy atom. The van der Waals surface area contributed by atoms with Crippen LogP contribution in [0.3, 0.4) is 0 Å². The number of hydrogen-bond acceptors (Lipinski definition) is 4. The molecule has 0 aromatic heterocycles. The van der Waals surface area contributed by atoms with Gasteiger partial charge in [-0.05, 0) is 63.4 Å². The van der Waals surface area contributed by atoms with E-state index in [-0.39, 0.29) is 22.9 Å². The molecule has 2 N–H and O–H groups in total. The van der Waals surface area contributed by atoms with Gasteiger partial charge in [0.2, 0.25) is 10.0 Å². The fourth-order valence-electron chi connectivity index (χ4n) is 4.12. The zero-order chi connectivity index (χ0) is 19.4. The first-order chi connectivity index (χ1) is 12.9. The minimum absolute atomic E-state index is 0.0774. The van der Waals surface area contributed by atoms with Crippen molar-refractivity contribution in [1.29, 1.82) is 0 Å². The SMILES string of the molecule is CC1CC(NC(=O)c2ccc(S(=O)(=O)N(C)C3CCCCC3)cc2)CCN1. The molecule has 0 spiro atoms. The maximum absolute atomic E-state index is 12.9. The number of nitrogens with zero attached hydrogens (tertiary/aromatic N) is 1. The van der Waals surface area contributed by atoms with Crippen LogP contribution in [0.2, 0.25) is 0 Å². The molecule has 2 unspecified atom stereocenters. The molecular formula is C20H31N3O3S. The van der Waals surface area contributed by atoms with Crippen molar-refractivity contribution < 1.29 is 13.2 Å². The Hall–Kier alpha value is -1.44. The molecule has 2 aliphatic rings. The van der Waals surface area contributed by atoms with Crippen LogP contribution in [0.25, 0.3) is 0 Å². The highest BCUT2D eigenvalue weighted by atomic mass is 32.2. The third-order valence-corrected chi connectivity index (χ3v) is 7.77. The number of hydrogen-bond donors (Lipinski definition) is 2. The zero-order valence-corrected chi connectivity index (χ0v) is 17.1. The first kappa shape index (κ1) is 20.3. The van der Waals surface area contributed by atoms with Crippen LogP contribution >= 0.6 is 0 Å². The molecule has 1 amide bonds. The van der Waals surface area contributed by atoms with Gasteiger partial charge < -0.3 is 10.6 Å². The lowest BCUT2D eigenvalue weighted by molar-refractivity contribution is 0.0925. The highest BCUT2D eigenvalue weighted by molar-refractivity contribution is 7.89. The van der Waals surface area contributed by atoms with E-state index in [1.807, 2.05) is 0 Å². The van der Waals surface area contributed by atoms with E-state index in [2.05, 4.69) is 17.6 Å². The Kier molecular flexibility index (Phi) is 6.55. The van der Waals surface area contributed by atoms with Crippen LogP contribution in [0.1, 0.15) is 62.2 Å². The number of amides is 1. The van der Waals surface area contributed by atoms with E-state index in [0.717, 1.165) is 45.1 Å². The van der Waals surface area contributed by atoms with Crippen LogP contribution in [0.5, 0.6) is 0 Å². The third kappa shape index (κ3) is 4.89. The average molecular weight is 394 g/mol. The maximum Gasteiger partial charge on any atom is 0.251 e. The van der Waals surface area contributed by atoms with Gasteiger partial charge in [0.1, 0.15) is 0 Å². The fraction of sp³-hybridized carbons (Fsp3) is 0.650. The van der Waals surface area contributed by atoms with Crippen molar-refractivity contribution in [3.05, 3.63) is 29.8 Å². The molecule has 27 heavy (non-hydrogen) atoms. The molecule has 1 heterocycles. The van der Waals surface area contributed by atoms with E-state index in [1.165, 1.54) is 10.7 Å². The summed E-state index contributed by atoms with van der Waals surface area (Å²) in [5.74, 6) is -0.140. The van der Waals surface area contributed by atoms with Gasteiger partial charge in [0.05, 0.1) is 4.90 Å². The second-order valence-corrected chi connectivity index (χ2v) is 9.88. The number of benzene rings is 1. The monoisotopic (exact) mass is 393 g/mol. The summed E-state index contributed by atoms with van der Waals surface area (Å²) in [7, 11) is -1.85. The summed E-state index contributed by atoms with van der Waals surface area (Å²) in [5, 5.41) is 6.42. The molecule has 0 radical (unpaired) electrons. The van der Waals surface area contributed by atoms with Crippen LogP contribution < -0.4 is 10.6 Å². The first-order valence-electron chi connectivity index (χ1n) is 10.0. The van der Waals surface area contributed by atoms with Gasteiger partial charge in [0.25, 0.3) is 5.91 Å². The van der Waals surface area contributed by atoms with Gasteiger partial charge in [-0.1, -0.05) is 19.3 Å². The van der Waals surface area contributed by atoms with E-state index >= 15 is 0 Å². The molecular weight excluding hydrogens is 362 g/mol. The second kappa shape index (κ2) is 8.71. The molecule has 0 bridgehead atoms. The Bertz CT molecular complexity index is 742. The Morgan fingerprint density at radius 2 is 1.78 bits per heavy atom. The summed E-state index contributed by atoms with van der Waals surface area (Å²) in [5.41, 5.74) is 0.500. The van der Waals surface area contributed by atoms with E-state index in [4.69, 9.17) is 0 Å². The van der Waals surface area contributed by atoms with Crippen LogP contribution in [-0.4, -0.2) is 50.3 Å². The van der Waals surface area contributed by atoms with Gasteiger partial charge in [-0.2, -0.15) is 4.31 Å². The molecule has 1 aliphatic carbocycles. The van der Waals surface area contributed by atoms with Gasteiger partial charge in [-0.25, -0.2) is 8.42 Å². The van der Waals surface area contributed by atoms with Gasteiger partial charge in [-0.3, -0.25) is 4.79 Å². The summed E-state index contributed by atoms with van der Waals surface area (Å²) in [6.45, 7) is 3.01. The molecule has 7 heteroatoms. The topological polar surface area (TPSA) is 78.5 Å². The van der Waals surface area contributed by atoms with Gasteiger partial charge in [0.15, 0.2) is 0 Å². The van der Waals surface area contributed by atoms with Crippen LogP contribution in [0.15, 0.2) is 29.2 Å². The number of piperidine rings is 1. The summed E-state index contributed by atoms with van der Waals surface area (Å²) < 4.78 is 27.3. The highest BCUT2D eigenvalue weighted by Gasteiger charge is 2.29. The molecule has 1 aromatic carbocycles. The maximum atomic E-state index is 12.9.